The van der Waals surface area contributed by atoms with E-state index in [-0.39, 0.29) is 17.1 Å². The van der Waals surface area contributed by atoms with Gasteiger partial charge < -0.3 is 14.6 Å². The van der Waals surface area contributed by atoms with Crippen LogP contribution in [0, 0.1) is 10.1 Å². The maximum Gasteiger partial charge on any atom is 0.269 e. The number of fused-ring (bicyclic) bond motifs is 1. The number of nitrogens with zero attached hydrogens (tertiary/aromatic N) is 1. The second-order valence-electron chi connectivity index (χ2n) is 5.52. The minimum atomic E-state index is -3.91. The summed E-state index contributed by atoms with van der Waals surface area (Å²) in [6.07, 6.45) is -1.10. The Labute approximate surface area is 149 Å². The first-order valence-electron chi connectivity index (χ1n) is 7.68. The lowest BCUT2D eigenvalue weighted by Gasteiger charge is -2.20. The molecule has 26 heavy (non-hydrogen) atoms. The molecule has 0 aliphatic carbocycles. The summed E-state index contributed by atoms with van der Waals surface area (Å²) in [5.74, 6) is 1.06. The van der Waals surface area contributed by atoms with Crippen LogP contribution in [-0.4, -0.2) is 38.2 Å². The van der Waals surface area contributed by atoms with Gasteiger partial charge in [-0.1, -0.05) is 6.07 Å². The Bertz CT molecular complexity index is 913. The van der Waals surface area contributed by atoms with Crippen molar-refractivity contribution in [3.8, 4) is 11.5 Å². The molecule has 1 aliphatic rings. The molecule has 2 N–H and O–H groups in total. The predicted octanol–water partition coefficient (Wildman–Crippen LogP) is 1.38. The van der Waals surface area contributed by atoms with Gasteiger partial charge in [0, 0.05) is 18.7 Å². The number of nitro groups is 1. The Morgan fingerprint density at radius 3 is 2.42 bits per heavy atom. The molecule has 0 radical (unpaired) electrons. The lowest BCUT2D eigenvalue weighted by atomic mass is 10.1. The van der Waals surface area contributed by atoms with Crippen molar-refractivity contribution in [1.82, 2.24) is 4.72 Å². The zero-order valence-electron chi connectivity index (χ0n) is 13.5. The maximum atomic E-state index is 12.2. The summed E-state index contributed by atoms with van der Waals surface area (Å²) in [5.41, 5.74) is 0.265. The quantitative estimate of drug-likeness (QED) is 0.572. The molecular weight excluding hydrogens is 364 g/mol. The van der Waals surface area contributed by atoms with Gasteiger partial charge in [-0.2, -0.15) is 0 Å². The number of benzene rings is 2. The van der Waals surface area contributed by atoms with Gasteiger partial charge in [0.25, 0.3) is 5.69 Å². The standard InChI is InChI=1S/C16H16N2O7S/c19-14(11-1-6-15-16(9-11)25-8-7-24-15)10-17-26(22,23)13-4-2-12(3-5-13)18(20)21/h1-6,9,14,17,19H,7-8,10H2. The van der Waals surface area contributed by atoms with Crippen molar-refractivity contribution in [2.45, 2.75) is 11.0 Å². The monoisotopic (exact) mass is 380 g/mol. The van der Waals surface area contributed by atoms with Gasteiger partial charge in [-0.05, 0) is 29.8 Å². The van der Waals surface area contributed by atoms with Crippen molar-refractivity contribution in [1.29, 1.82) is 0 Å². The van der Waals surface area contributed by atoms with E-state index in [1.165, 1.54) is 0 Å². The van der Waals surface area contributed by atoms with Crippen LogP contribution in [0.1, 0.15) is 11.7 Å². The van der Waals surface area contributed by atoms with E-state index in [1.807, 2.05) is 0 Å². The van der Waals surface area contributed by atoms with Crippen molar-refractivity contribution < 1.29 is 27.9 Å². The number of aliphatic hydroxyl groups excluding tert-OH is 1. The van der Waals surface area contributed by atoms with Crippen LogP contribution in [0.15, 0.2) is 47.4 Å². The molecule has 0 saturated heterocycles. The average molecular weight is 380 g/mol. The number of aliphatic hydroxyl groups is 1. The van der Waals surface area contributed by atoms with Crippen LogP contribution in [0.2, 0.25) is 0 Å². The molecule has 9 nitrogen and oxygen atoms in total. The molecule has 1 heterocycles. The lowest BCUT2D eigenvalue weighted by Crippen LogP contribution is -2.28. The van der Waals surface area contributed by atoms with Crippen molar-refractivity contribution in [3.05, 3.63) is 58.1 Å². The number of non-ortho nitro benzene ring substituents is 1. The minimum absolute atomic E-state index is 0.127. The Morgan fingerprint density at radius 2 is 1.77 bits per heavy atom. The SMILES string of the molecule is O=[N+]([O-])c1ccc(S(=O)(=O)NCC(O)c2ccc3c(c2)OCCO3)cc1. The lowest BCUT2D eigenvalue weighted by molar-refractivity contribution is -0.384. The molecule has 2 aromatic rings. The molecule has 1 unspecified atom stereocenters. The number of sulfonamides is 1. The zero-order valence-corrected chi connectivity index (χ0v) is 14.3. The summed E-state index contributed by atoms with van der Waals surface area (Å²) in [7, 11) is -3.91. The van der Waals surface area contributed by atoms with E-state index in [9.17, 15) is 23.6 Å². The zero-order chi connectivity index (χ0) is 18.7. The van der Waals surface area contributed by atoms with E-state index >= 15 is 0 Å². The fourth-order valence-electron chi connectivity index (χ4n) is 2.40. The first kappa shape index (κ1) is 18.1. The number of ether oxygens (including phenoxy) is 2. The van der Waals surface area contributed by atoms with Crippen molar-refractivity contribution in [2.24, 2.45) is 0 Å². The molecule has 2 aromatic carbocycles. The van der Waals surface area contributed by atoms with Gasteiger partial charge >= 0.3 is 0 Å². The highest BCUT2D eigenvalue weighted by Crippen LogP contribution is 2.32. The smallest absolute Gasteiger partial charge is 0.269 e. The third-order valence-electron chi connectivity index (χ3n) is 3.78. The third kappa shape index (κ3) is 3.93. The van der Waals surface area contributed by atoms with Crippen LogP contribution >= 0.6 is 0 Å². The molecular formula is C16H16N2O7S. The van der Waals surface area contributed by atoms with Gasteiger partial charge in [-0.15, -0.1) is 0 Å². The van der Waals surface area contributed by atoms with Crippen LogP contribution in [0.3, 0.4) is 0 Å². The highest BCUT2D eigenvalue weighted by Gasteiger charge is 2.20. The molecule has 10 heteroatoms. The van der Waals surface area contributed by atoms with E-state index in [4.69, 9.17) is 9.47 Å². The van der Waals surface area contributed by atoms with Crippen molar-refractivity contribution in [3.63, 3.8) is 0 Å². The molecule has 1 aliphatic heterocycles. The first-order chi connectivity index (χ1) is 12.4. The molecule has 0 bridgehead atoms. The van der Waals surface area contributed by atoms with Gasteiger partial charge in [0.15, 0.2) is 11.5 Å². The molecule has 0 spiro atoms. The summed E-state index contributed by atoms with van der Waals surface area (Å²) < 4.78 is 37.6. The Morgan fingerprint density at radius 1 is 1.12 bits per heavy atom. The number of hydrogen-bond acceptors (Lipinski definition) is 7. The van der Waals surface area contributed by atoms with Crippen LogP contribution in [-0.2, 0) is 10.0 Å². The second kappa shape index (κ2) is 7.28. The van der Waals surface area contributed by atoms with E-state index in [0.29, 0.717) is 30.3 Å². The molecule has 0 fully saturated rings. The fraction of sp³-hybridized carbons (Fsp3) is 0.250. The summed E-state index contributed by atoms with van der Waals surface area (Å²) in [4.78, 5) is 9.88. The molecule has 138 valence electrons. The van der Waals surface area contributed by atoms with Gasteiger partial charge in [0.2, 0.25) is 10.0 Å². The van der Waals surface area contributed by atoms with E-state index in [0.717, 1.165) is 24.3 Å². The number of rotatable bonds is 6. The predicted molar refractivity (Wildman–Crippen MR) is 90.7 cm³/mol. The van der Waals surface area contributed by atoms with Crippen molar-refractivity contribution >= 4 is 15.7 Å². The van der Waals surface area contributed by atoms with Crippen LogP contribution in [0.4, 0.5) is 5.69 Å². The number of nitrogens with one attached hydrogen (secondary N) is 1. The Kier molecular flexibility index (Phi) is 5.07. The second-order valence-corrected chi connectivity index (χ2v) is 7.29. The largest absolute Gasteiger partial charge is 0.486 e. The highest BCUT2D eigenvalue weighted by atomic mass is 32.2. The van der Waals surface area contributed by atoms with E-state index in [1.54, 1.807) is 18.2 Å². The summed E-state index contributed by atoms with van der Waals surface area (Å²) in [6, 6.07) is 9.35. The Balaban J connectivity index is 1.68. The van der Waals surface area contributed by atoms with Gasteiger partial charge in [0.05, 0.1) is 15.9 Å². The molecule has 3 rings (SSSR count). The number of nitro benzene ring substituents is 1. The minimum Gasteiger partial charge on any atom is -0.486 e. The van der Waals surface area contributed by atoms with Crippen LogP contribution in [0.25, 0.3) is 0 Å². The summed E-state index contributed by atoms with van der Waals surface area (Å²) in [5, 5.41) is 20.9. The molecule has 0 saturated carbocycles. The fourth-order valence-corrected chi connectivity index (χ4v) is 3.44. The third-order valence-corrected chi connectivity index (χ3v) is 5.22. The topological polar surface area (TPSA) is 128 Å². The normalized spacial score (nSPS) is 14.7. The number of hydrogen-bond donors (Lipinski definition) is 2. The first-order valence-corrected chi connectivity index (χ1v) is 9.17. The summed E-state index contributed by atoms with van der Waals surface area (Å²) >= 11 is 0. The van der Waals surface area contributed by atoms with Crippen molar-refractivity contribution in [2.75, 3.05) is 19.8 Å². The van der Waals surface area contributed by atoms with Crippen LogP contribution in [0.5, 0.6) is 11.5 Å². The van der Waals surface area contributed by atoms with Gasteiger partial charge in [-0.3, -0.25) is 10.1 Å². The molecule has 0 amide bonds. The van der Waals surface area contributed by atoms with E-state index < -0.39 is 21.1 Å². The molecule has 0 aromatic heterocycles. The van der Waals surface area contributed by atoms with Gasteiger partial charge in [0.1, 0.15) is 13.2 Å². The van der Waals surface area contributed by atoms with Gasteiger partial charge in [-0.25, -0.2) is 13.1 Å². The maximum absolute atomic E-state index is 12.2. The Hall–Kier alpha value is -2.69. The van der Waals surface area contributed by atoms with Crippen LogP contribution < -0.4 is 14.2 Å². The molecule has 1 atom stereocenters. The average Bonchev–Trinajstić information content (AvgIpc) is 2.66. The van der Waals surface area contributed by atoms with E-state index in [2.05, 4.69) is 4.72 Å². The highest BCUT2D eigenvalue weighted by molar-refractivity contribution is 7.89. The summed E-state index contributed by atoms with van der Waals surface area (Å²) in [6.45, 7) is 0.586.